The minimum Gasteiger partial charge on any atom is -0.495 e. The Bertz CT molecular complexity index is 1040. The Morgan fingerprint density at radius 1 is 1.17 bits per heavy atom. The van der Waals surface area contributed by atoms with Crippen LogP contribution in [-0.2, 0) is 9.59 Å². The maximum absolute atomic E-state index is 13.5. The molecule has 2 unspecified atom stereocenters. The number of anilines is 1. The molecule has 2 aromatic carbocycles. The highest BCUT2D eigenvalue weighted by Gasteiger charge is 2.43. The Balaban J connectivity index is 1.77. The number of amides is 1. The number of Topliss-reactive ketones (excluding diaryl/α,β-unsaturated/α-hetero) is 1. The summed E-state index contributed by atoms with van der Waals surface area (Å²) in [5.74, 6) is -0.685. The van der Waals surface area contributed by atoms with Gasteiger partial charge in [0, 0.05) is 34.3 Å². The smallest absolute Gasteiger partial charge is 0.234 e. The molecule has 30 heavy (non-hydrogen) atoms. The molecule has 2 aromatic rings. The van der Waals surface area contributed by atoms with Crippen molar-refractivity contribution in [2.75, 3.05) is 12.4 Å². The molecule has 0 spiro atoms. The maximum Gasteiger partial charge on any atom is 0.234 e. The zero-order chi connectivity index (χ0) is 21.3. The van der Waals surface area contributed by atoms with E-state index in [0.29, 0.717) is 34.2 Å². The molecule has 2 aliphatic rings. The van der Waals surface area contributed by atoms with Crippen LogP contribution in [0.4, 0.5) is 5.69 Å². The van der Waals surface area contributed by atoms with Gasteiger partial charge in [-0.25, -0.2) is 0 Å². The van der Waals surface area contributed by atoms with Crippen molar-refractivity contribution in [1.29, 1.82) is 0 Å². The van der Waals surface area contributed by atoms with E-state index in [-0.39, 0.29) is 11.7 Å². The molecule has 0 saturated carbocycles. The number of halogens is 1. The lowest BCUT2D eigenvalue weighted by molar-refractivity contribution is -0.120. The molecule has 6 heteroatoms. The number of hydrogen-bond donors (Lipinski definition) is 2. The van der Waals surface area contributed by atoms with E-state index in [4.69, 9.17) is 16.3 Å². The summed E-state index contributed by atoms with van der Waals surface area (Å²) < 4.78 is 5.36. The van der Waals surface area contributed by atoms with Gasteiger partial charge < -0.3 is 15.4 Å². The Labute approximate surface area is 180 Å². The Morgan fingerprint density at radius 3 is 2.63 bits per heavy atom. The first-order chi connectivity index (χ1) is 14.5. The first-order valence-corrected chi connectivity index (χ1v) is 10.3. The van der Waals surface area contributed by atoms with Gasteiger partial charge in [0.05, 0.1) is 18.7 Å². The van der Waals surface area contributed by atoms with Gasteiger partial charge in [-0.2, -0.15) is 0 Å². The van der Waals surface area contributed by atoms with Crippen LogP contribution < -0.4 is 15.4 Å². The molecule has 0 aromatic heterocycles. The number of nitrogens with one attached hydrogen (secondary N) is 2. The molecule has 0 radical (unpaired) electrons. The minimum atomic E-state index is -0.656. The number of para-hydroxylation sites is 2. The summed E-state index contributed by atoms with van der Waals surface area (Å²) in [7, 11) is 1.56. The molecule has 4 rings (SSSR count). The predicted octanol–water partition coefficient (Wildman–Crippen LogP) is 4.81. The molecule has 1 aliphatic heterocycles. The fourth-order valence-corrected chi connectivity index (χ4v) is 4.42. The number of carbonyl (C=O) groups excluding carboxylic acids is 2. The van der Waals surface area contributed by atoms with Crippen LogP contribution in [0, 0.1) is 5.92 Å². The van der Waals surface area contributed by atoms with E-state index < -0.39 is 11.8 Å². The van der Waals surface area contributed by atoms with Crippen molar-refractivity contribution in [3.8, 4) is 5.75 Å². The number of rotatable bonds is 4. The fourth-order valence-electron chi connectivity index (χ4n) is 4.29. The van der Waals surface area contributed by atoms with Crippen molar-refractivity contribution in [3.05, 3.63) is 82.7 Å². The van der Waals surface area contributed by atoms with E-state index >= 15 is 0 Å². The molecule has 1 heterocycles. The molecule has 2 atom stereocenters. The molecule has 5 nitrogen and oxygen atoms in total. The highest BCUT2D eigenvalue weighted by Crippen LogP contribution is 2.44. The van der Waals surface area contributed by atoms with Crippen molar-refractivity contribution < 1.29 is 14.3 Å². The largest absolute Gasteiger partial charge is 0.495 e. The number of allylic oxidation sites excluding steroid dienone is 2. The normalized spacial score (nSPS) is 21.0. The molecule has 0 fully saturated rings. The number of ether oxygens (including phenoxy) is 1. The standard InChI is InChI=1S/C24H23ClN2O3/c1-14-21(24(29)27-17-6-3-4-9-20(17)30-2)22(15-10-12-16(25)13-11-15)23-18(26-14)7-5-8-19(23)28/h3-4,6,9-13,21-22,26H,1,5,7-8H2,2H3,(H,27,29). The first-order valence-electron chi connectivity index (χ1n) is 9.91. The molecule has 154 valence electrons. The number of ketones is 1. The summed E-state index contributed by atoms with van der Waals surface area (Å²) in [5.41, 5.74) is 3.57. The first kappa shape index (κ1) is 20.2. The zero-order valence-corrected chi connectivity index (χ0v) is 17.5. The van der Waals surface area contributed by atoms with E-state index in [0.717, 1.165) is 24.1 Å². The highest BCUT2D eigenvalue weighted by molar-refractivity contribution is 6.30. The molecule has 0 bridgehead atoms. The average Bonchev–Trinajstić information content (AvgIpc) is 2.74. The van der Waals surface area contributed by atoms with Gasteiger partial charge in [-0.15, -0.1) is 0 Å². The van der Waals surface area contributed by atoms with Crippen LogP contribution in [0.2, 0.25) is 5.02 Å². The Hall–Kier alpha value is -3.05. The summed E-state index contributed by atoms with van der Waals surface area (Å²) in [5, 5.41) is 6.81. The molecule has 2 N–H and O–H groups in total. The maximum atomic E-state index is 13.5. The number of benzene rings is 2. The lowest BCUT2D eigenvalue weighted by atomic mass is 9.71. The quantitative estimate of drug-likeness (QED) is 0.741. The lowest BCUT2D eigenvalue weighted by Crippen LogP contribution is -2.42. The van der Waals surface area contributed by atoms with E-state index in [1.54, 1.807) is 31.4 Å². The van der Waals surface area contributed by atoms with Crippen LogP contribution in [0.3, 0.4) is 0 Å². The molecule has 0 saturated heterocycles. The van der Waals surface area contributed by atoms with Crippen LogP contribution in [-0.4, -0.2) is 18.8 Å². The average molecular weight is 423 g/mol. The van der Waals surface area contributed by atoms with E-state index in [9.17, 15) is 9.59 Å². The summed E-state index contributed by atoms with van der Waals surface area (Å²) in [6.45, 7) is 4.14. The van der Waals surface area contributed by atoms with Gasteiger partial charge in [0.1, 0.15) is 5.75 Å². The fraction of sp³-hybridized carbons (Fsp3) is 0.250. The summed E-state index contributed by atoms with van der Waals surface area (Å²) in [6, 6.07) is 14.5. The van der Waals surface area contributed by atoms with Gasteiger partial charge in [-0.3, -0.25) is 9.59 Å². The third-order valence-electron chi connectivity index (χ3n) is 5.66. The number of carbonyl (C=O) groups is 2. The van der Waals surface area contributed by atoms with Gasteiger partial charge >= 0.3 is 0 Å². The topological polar surface area (TPSA) is 67.4 Å². The van der Waals surface area contributed by atoms with Gasteiger partial charge in [0.15, 0.2) is 5.78 Å². The highest BCUT2D eigenvalue weighted by atomic mass is 35.5. The molecule has 1 amide bonds. The summed E-state index contributed by atoms with van der Waals surface area (Å²) in [4.78, 5) is 26.4. The Morgan fingerprint density at radius 2 is 1.90 bits per heavy atom. The number of hydrogen-bond acceptors (Lipinski definition) is 4. The summed E-state index contributed by atoms with van der Waals surface area (Å²) in [6.07, 6.45) is 2.05. The lowest BCUT2D eigenvalue weighted by Gasteiger charge is -2.38. The second-order valence-corrected chi connectivity index (χ2v) is 7.95. The molecule has 1 aliphatic carbocycles. The molecular formula is C24H23ClN2O3. The van der Waals surface area contributed by atoms with Crippen molar-refractivity contribution in [2.45, 2.75) is 25.2 Å². The predicted molar refractivity (Wildman–Crippen MR) is 117 cm³/mol. The van der Waals surface area contributed by atoms with Gasteiger partial charge in [0.2, 0.25) is 5.91 Å². The second-order valence-electron chi connectivity index (χ2n) is 7.52. The van der Waals surface area contributed by atoms with Crippen LogP contribution in [0.5, 0.6) is 5.75 Å². The third kappa shape index (κ3) is 3.73. The van der Waals surface area contributed by atoms with Crippen LogP contribution >= 0.6 is 11.6 Å². The van der Waals surface area contributed by atoms with Crippen LogP contribution in [0.1, 0.15) is 30.7 Å². The number of methoxy groups -OCH3 is 1. The van der Waals surface area contributed by atoms with Crippen LogP contribution in [0.25, 0.3) is 0 Å². The Kier molecular flexibility index (Phi) is 5.64. The van der Waals surface area contributed by atoms with Crippen molar-refractivity contribution in [2.24, 2.45) is 5.92 Å². The van der Waals surface area contributed by atoms with Gasteiger partial charge in [0.25, 0.3) is 0 Å². The van der Waals surface area contributed by atoms with E-state index in [1.165, 1.54) is 0 Å². The monoisotopic (exact) mass is 422 g/mol. The van der Waals surface area contributed by atoms with Crippen molar-refractivity contribution >= 4 is 29.0 Å². The van der Waals surface area contributed by atoms with E-state index in [1.807, 2.05) is 24.3 Å². The van der Waals surface area contributed by atoms with Gasteiger partial charge in [-0.1, -0.05) is 42.4 Å². The second kappa shape index (κ2) is 8.36. The van der Waals surface area contributed by atoms with E-state index in [2.05, 4.69) is 17.2 Å². The van der Waals surface area contributed by atoms with Crippen molar-refractivity contribution in [1.82, 2.24) is 5.32 Å². The van der Waals surface area contributed by atoms with Crippen LogP contribution in [0.15, 0.2) is 72.1 Å². The minimum absolute atomic E-state index is 0.0753. The molecular weight excluding hydrogens is 400 g/mol. The summed E-state index contributed by atoms with van der Waals surface area (Å²) >= 11 is 6.08. The third-order valence-corrected chi connectivity index (χ3v) is 5.92. The van der Waals surface area contributed by atoms with Gasteiger partial charge in [-0.05, 0) is 42.7 Å². The van der Waals surface area contributed by atoms with Crippen molar-refractivity contribution in [3.63, 3.8) is 0 Å². The SMILES string of the molecule is C=C1NC2=C(C(=O)CCC2)C(c2ccc(Cl)cc2)C1C(=O)Nc1ccccc1OC. The zero-order valence-electron chi connectivity index (χ0n) is 16.7.